The molecule has 0 saturated carbocycles. The Morgan fingerprint density at radius 2 is 1.73 bits per heavy atom. The molecule has 0 spiro atoms. The Morgan fingerprint density at radius 3 is 2.37 bits per heavy atom. The zero-order valence-corrected chi connectivity index (χ0v) is 19.1. The van der Waals surface area contributed by atoms with Crippen molar-refractivity contribution in [3.8, 4) is 17.2 Å². The summed E-state index contributed by atoms with van der Waals surface area (Å²) in [6, 6.07) is 9.56. The Morgan fingerprint density at radius 1 is 1.03 bits per heavy atom. The fourth-order valence-corrected chi connectivity index (χ4v) is 3.15. The summed E-state index contributed by atoms with van der Waals surface area (Å²) in [5, 5.41) is 4.45. The van der Waals surface area contributed by atoms with Gasteiger partial charge < -0.3 is 19.0 Å². The van der Waals surface area contributed by atoms with Crippen LogP contribution < -0.4 is 14.2 Å². The topological polar surface area (TPSA) is 49.3 Å². The number of ether oxygens (including phenoxy) is 3. The molecule has 0 unspecified atom stereocenters. The van der Waals surface area contributed by atoms with Crippen LogP contribution in [0.4, 0.5) is 0 Å². The molecule has 2 aromatic rings. The van der Waals surface area contributed by atoms with Gasteiger partial charge in [0.1, 0.15) is 31.0 Å². The molecular formula is C24H30ClNO4. The maximum atomic E-state index is 6.32. The summed E-state index contributed by atoms with van der Waals surface area (Å²) >= 11 is 6.32. The van der Waals surface area contributed by atoms with E-state index in [1.807, 2.05) is 70.2 Å². The zero-order chi connectivity index (χ0) is 21.9. The van der Waals surface area contributed by atoms with E-state index in [1.54, 1.807) is 0 Å². The van der Waals surface area contributed by atoms with E-state index in [1.165, 1.54) is 7.11 Å². The Bertz CT molecular complexity index is 870. The minimum atomic E-state index is 0.507. The van der Waals surface area contributed by atoms with Gasteiger partial charge >= 0.3 is 0 Å². The molecule has 0 radical (unpaired) electrons. The highest BCUT2D eigenvalue weighted by Crippen LogP contribution is 2.29. The first-order valence-corrected chi connectivity index (χ1v) is 10.3. The highest BCUT2D eigenvalue weighted by atomic mass is 35.5. The van der Waals surface area contributed by atoms with Gasteiger partial charge in [0.15, 0.2) is 0 Å². The molecule has 0 amide bonds. The molecule has 0 atom stereocenters. The second kappa shape index (κ2) is 12.1. The first-order chi connectivity index (χ1) is 14.5. The van der Waals surface area contributed by atoms with Crippen molar-refractivity contribution in [1.82, 2.24) is 0 Å². The van der Waals surface area contributed by atoms with Crippen LogP contribution in [-0.2, 0) is 4.84 Å². The van der Waals surface area contributed by atoms with Gasteiger partial charge in [-0.05, 0) is 69.2 Å². The molecule has 0 N–H and O–H groups in total. The van der Waals surface area contributed by atoms with Gasteiger partial charge in [0, 0.05) is 12.0 Å². The van der Waals surface area contributed by atoms with E-state index in [-0.39, 0.29) is 0 Å². The van der Waals surface area contributed by atoms with E-state index in [2.05, 4.69) is 5.16 Å². The van der Waals surface area contributed by atoms with E-state index in [0.717, 1.165) is 40.3 Å². The van der Waals surface area contributed by atoms with Crippen LogP contribution in [0.5, 0.6) is 17.2 Å². The number of halogens is 1. The molecular weight excluding hydrogens is 402 g/mol. The number of hydrogen-bond donors (Lipinski definition) is 0. The highest BCUT2D eigenvalue weighted by Gasteiger charge is 2.08. The smallest absolute Gasteiger partial charge is 0.137 e. The van der Waals surface area contributed by atoms with Gasteiger partial charge in [-0.25, -0.2) is 0 Å². The van der Waals surface area contributed by atoms with Gasteiger partial charge in [0.25, 0.3) is 0 Å². The molecule has 0 aliphatic rings. The highest BCUT2D eigenvalue weighted by molar-refractivity contribution is 6.32. The third kappa shape index (κ3) is 6.99. The molecule has 30 heavy (non-hydrogen) atoms. The van der Waals surface area contributed by atoms with Gasteiger partial charge in [0.2, 0.25) is 0 Å². The average molecular weight is 432 g/mol. The predicted molar refractivity (Wildman–Crippen MR) is 123 cm³/mol. The summed E-state index contributed by atoms with van der Waals surface area (Å²) in [5.74, 6) is 2.38. The molecule has 2 aromatic carbocycles. The number of oxime groups is 1. The summed E-state index contributed by atoms with van der Waals surface area (Å²) in [5.41, 5.74) is 3.75. The van der Waals surface area contributed by atoms with Crippen molar-refractivity contribution in [2.24, 2.45) is 5.16 Å². The lowest BCUT2D eigenvalue weighted by molar-refractivity contribution is 0.213. The quantitative estimate of drug-likeness (QED) is 0.186. The molecule has 5 nitrogen and oxygen atoms in total. The number of allylic oxidation sites excluding steroid dienone is 1. The van der Waals surface area contributed by atoms with E-state index in [0.29, 0.717) is 30.6 Å². The van der Waals surface area contributed by atoms with Crippen molar-refractivity contribution in [1.29, 1.82) is 0 Å². The summed E-state index contributed by atoms with van der Waals surface area (Å²) in [7, 11) is 1.51. The summed E-state index contributed by atoms with van der Waals surface area (Å²) in [4.78, 5) is 4.79. The van der Waals surface area contributed by atoms with Crippen molar-refractivity contribution >= 4 is 17.3 Å². The second-order valence-electron chi connectivity index (χ2n) is 6.82. The van der Waals surface area contributed by atoms with Crippen LogP contribution in [0.25, 0.3) is 0 Å². The second-order valence-corrected chi connectivity index (χ2v) is 7.23. The van der Waals surface area contributed by atoms with Crippen molar-refractivity contribution < 1.29 is 19.0 Å². The first-order valence-electron chi connectivity index (χ1n) is 9.94. The van der Waals surface area contributed by atoms with E-state index < -0.39 is 0 Å². The largest absolute Gasteiger partial charge is 0.493 e. The maximum absolute atomic E-state index is 6.32. The standard InChI is InChI=1S/C24H30ClNO4/c1-6-7-11-28-21-14-17(2)24(18(3)15-21)30-13-8-12-29-23-10-9-20(16-22(23)25)19(4)26-27-5/h6-7,9-10,14-16H,8,11-13H2,1-5H3/b7-6+,26-19+. The van der Waals surface area contributed by atoms with Crippen molar-refractivity contribution in [2.75, 3.05) is 26.9 Å². The Hall–Kier alpha value is -2.66. The molecule has 0 aliphatic heterocycles. The summed E-state index contributed by atoms with van der Waals surface area (Å²) in [6.45, 7) is 9.51. The van der Waals surface area contributed by atoms with Gasteiger partial charge in [-0.1, -0.05) is 28.9 Å². The van der Waals surface area contributed by atoms with Crippen molar-refractivity contribution in [3.63, 3.8) is 0 Å². The van der Waals surface area contributed by atoms with Crippen LogP contribution in [-0.4, -0.2) is 32.6 Å². The molecule has 0 aliphatic carbocycles. The van der Waals surface area contributed by atoms with Crippen LogP contribution in [0.1, 0.15) is 37.0 Å². The molecule has 0 bridgehead atoms. The lowest BCUT2D eigenvalue weighted by Crippen LogP contribution is -2.07. The van der Waals surface area contributed by atoms with Gasteiger partial charge in [-0.15, -0.1) is 0 Å². The normalized spacial score (nSPS) is 11.6. The molecule has 162 valence electrons. The SMILES string of the molecule is C/C=C/COc1cc(C)c(OCCCOc2ccc(/C(C)=N/OC)cc2Cl)c(C)c1. The van der Waals surface area contributed by atoms with Crippen LogP contribution in [0.2, 0.25) is 5.02 Å². The molecule has 6 heteroatoms. The van der Waals surface area contributed by atoms with E-state index in [4.69, 9.17) is 30.6 Å². The zero-order valence-electron chi connectivity index (χ0n) is 18.3. The van der Waals surface area contributed by atoms with Crippen LogP contribution in [0.3, 0.4) is 0 Å². The summed E-state index contributed by atoms with van der Waals surface area (Å²) < 4.78 is 17.5. The Kier molecular flexibility index (Phi) is 9.55. The van der Waals surface area contributed by atoms with Crippen molar-refractivity contribution in [2.45, 2.75) is 34.1 Å². The third-order valence-electron chi connectivity index (χ3n) is 4.39. The van der Waals surface area contributed by atoms with E-state index >= 15 is 0 Å². The average Bonchev–Trinajstić information content (AvgIpc) is 2.71. The van der Waals surface area contributed by atoms with E-state index in [9.17, 15) is 0 Å². The van der Waals surface area contributed by atoms with Gasteiger partial charge in [0.05, 0.1) is 23.9 Å². The Labute approximate surface area is 184 Å². The number of aryl methyl sites for hydroxylation is 2. The fourth-order valence-electron chi connectivity index (χ4n) is 2.91. The monoisotopic (exact) mass is 431 g/mol. The minimum Gasteiger partial charge on any atom is -0.493 e. The molecule has 0 fully saturated rings. The fraction of sp³-hybridized carbons (Fsp3) is 0.375. The number of nitrogens with zero attached hydrogens (tertiary/aromatic N) is 1. The Balaban J connectivity index is 1.83. The number of benzene rings is 2. The minimum absolute atomic E-state index is 0.507. The van der Waals surface area contributed by atoms with Crippen LogP contribution in [0.15, 0.2) is 47.6 Å². The van der Waals surface area contributed by atoms with Crippen LogP contribution in [0, 0.1) is 13.8 Å². The predicted octanol–water partition coefficient (Wildman–Crippen LogP) is 6.13. The lowest BCUT2D eigenvalue weighted by atomic mass is 10.1. The molecule has 0 saturated heterocycles. The summed E-state index contributed by atoms with van der Waals surface area (Å²) in [6.07, 6.45) is 4.68. The number of rotatable bonds is 11. The number of hydrogen-bond acceptors (Lipinski definition) is 5. The maximum Gasteiger partial charge on any atom is 0.137 e. The third-order valence-corrected chi connectivity index (χ3v) is 4.68. The first kappa shape index (κ1) is 23.6. The van der Waals surface area contributed by atoms with Gasteiger partial charge in [-0.3, -0.25) is 0 Å². The van der Waals surface area contributed by atoms with Crippen molar-refractivity contribution in [3.05, 3.63) is 64.2 Å². The molecule has 2 rings (SSSR count). The lowest BCUT2D eigenvalue weighted by Gasteiger charge is -2.15. The molecule has 0 aromatic heterocycles. The van der Waals surface area contributed by atoms with Crippen LogP contribution >= 0.6 is 11.6 Å². The van der Waals surface area contributed by atoms with Gasteiger partial charge in [-0.2, -0.15) is 0 Å². The molecule has 0 heterocycles.